The van der Waals surface area contributed by atoms with Crippen molar-refractivity contribution in [1.82, 2.24) is 4.90 Å². The normalized spacial score (nSPS) is 25.2. The molecule has 0 bridgehead atoms. The second-order valence-corrected chi connectivity index (χ2v) is 6.67. The van der Waals surface area contributed by atoms with Gasteiger partial charge in [0.1, 0.15) is 5.92 Å². The maximum Gasteiger partial charge on any atom is 0.319 e. The first-order chi connectivity index (χ1) is 9.18. The quantitative estimate of drug-likeness (QED) is 0.629. The summed E-state index contributed by atoms with van der Waals surface area (Å²) in [5, 5.41) is 9.74. The van der Waals surface area contributed by atoms with E-state index in [2.05, 4.69) is 0 Å². The monoisotopic (exact) mass is 285 g/mol. The van der Waals surface area contributed by atoms with Gasteiger partial charge in [-0.05, 0) is 24.7 Å². The van der Waals surface area contributed by atoms with Crippen molar-refractivity contribution in [3.05, 3.63) is 0 Å². The smallest absolute Gasteiger partial charge is 0.319 e. The lowest BCUT2D eigenvalue weighted by Crippen LogP contribution is -2.51. The average Bonchev–Trinajstić information content (AvgIpc) is 2.31. The Morgan fingerprint density at radius 3 is 2.45 bits per heavy atom. The van der Waals surface area contributed by atoms with Crippen LogP contribution in [0.2, 0.25) is 0 Å². The first kappa shape index (κ1) is 17.0. The molecule has 1 heterocycles. The molecule has 3 atom stereocenters. The molecule has 1 fully saturated rings. The van der Waals surface area contributed by atoms with Gasteiger partial charge in [0.25, 0.3) is 0 Å². The van der Waals surface area contributed by atoms with Crippen LogP contribution in [-0.2, 0) is 14.3 Å². The summed E-state index contributed by atoms with van der Waals surface area (Å²) < 4.78 is 5.05. The maximum absolute atomic E-state index is 12.7. The topological polar surface area (TPSA) is 66.8 Å². The molecule has 1 saturated heterocycles. The maximum atomic E-state index is 12.7. The summed E-state index contributed by atoms with van der Waals surface area (Å²) in [6.45, 7) is 10.5. The zero-order chi connectivity index (χ0) is 15.5. The van der Waals surface area contributed by atoms with Crippen molar-refractivity contribution in [2.24, 2.45) is 17.3 Å². The van der Waals surface area contributed by atoms with E-state index in [-0.39, 0.29) is 24.5 Å². The Kier molecular flexibility index (Phi) is 5.57. The lowest BCUT2D eigenvalue weighted by atomic mass is 9.79. The third kappa shape index (κ3) is 3.95. The molecule has 0 aromatic rings. The Balaban J connectivity index is 2.86. The molecular formula is C15H27NO4. The van der Waals surface area contributed by atoms with Crippen molar-refractivity contribution in [3.63, 3.8) is 0 Å². The van der Waals surface area contributed by atoms with Gasteiger partial charge < -0.3 is 14.7 Å². The average molecular weight is 285 g/mol. The number of hydrogen-bond donors (Lipinski definition) is 1. The Morgan fingerprint density at radius 2 is 2.00 bits per heavy atom. The molecular weight excluding hydrogens is 258 g/mol. The number of carbonyl (C=O) groups is 2. The van der Waals surface area contributed by atoms with Crippen LogP contribution in [0.5, 0.6) is 0 Å². The highest BCUT2D eigenvalue weighted by Crippen LogP contribution is 2.30. The van der Waals surface area contributed by atoms with Gasteiger partial charge in [0.05, 0.1) is 12.7 Å². The van der Waals surface area contributed by atoms with Gasteiger partial charge in [-0.2, -0.15) is 0 Å². The lowest BCUT2D eigenvalue weighted by molar-refractivity contribution is -0.161. The van der Waals surface area contributed by atoms with Crippen LogP contribution in [0.3, 0.4) is 0 Å². The van der Waals surface area contributed by atoms with Crippen LogP contribution < -0.4 is 0 Å². The lowest BCUT2D eigenvalue weighted by Gasteiger charge is -2.38. The van der Waals surface area contributed by atoms with Gasteiger partial charge in [0, 0.05) is 13.1 Å². The molecule has 0 spiro atoms. The van der Waals surface area contributed by atoms with E-state index >= 15 is 0 Å². The highest BCUT2D eigenvalue weighted by molar-refractivity contribution is 5.98. The fourth-order valence-electron chi connectivity index (χ4n) is 2.57. The Labute approximate surface area is 121 Å². The number of ether oxygens (including phenoxy) is 1. The molecule has 20 heavy (non-hydrogen) atoms. The molecule has 1 aliphatic rings. The van der Waals surface area contributed by atoms with Crippen LogP contribution in [0, 0.1) is 17.3 Å². The van der Waals surface area contributed by atoms with E-state index in [1.54, 1.807) is 11.8 Å². The molecule has 116 valence electrons. The number of piperidine rings is 1. The summed E-state index contributed by atoms with van der Waals surface area (Å²) >= 11 is 0. The van der Waals surface area contributed by atoms with Gasteiger partial charge in [0.2, 0.25) is 5.91 Å². The summed E-state index contributed by atoms with van der Waals surface area (Å²) in [6.07, 6.45) is 0.196. The van der Waals surface area contributed by atoms with Crippen molar-refractivity contribution in [2.75, 3.05) is 19.7 Å². The number of hydrogen-bond acceptors (Lipinski definition) is 4. The molecule has 1 rings (SSSR count). The van der Waals surface area contributed by atoms with E-state index in [9.17, 15) is 14.7 Å². The van der Waals surface area contributed by atoms with E-state index in [0.29, 0.717) is 19.5 Å². The summed E-state index contributed by atoms with van der Waals surface area (Å²) in [5.41, 5.74) is -0.483. The van der Waals surface area contributed by atoms with Gasteiger partial charge in [-0.25, -0.2) is 0 Å². The van der Waals surface area contributed by atoms with Crippen molar-refractivity contribution in [2.45, 2.75) is 47.1 Å². The van der Waals surface area contributed by atoms with Gasteiger partial charge in [-0.1, -0.05) is 27.7 Å². The van der Waals surface area contributed by atoms with E-state index in [1.165, 1.54) is 0 Å². The van der Waals surface area contributed by atoms with Crippen molar-refractivity contribution in [3.8, 4) is 0 Å². The predicted molar refractivity (Wildman–Crippen MR) is 75.9 cm³/mol. The minimum absolute atomic E-state index is 0.0375. The Morgan fingerprint density at radius 1 is 1.40 bits per heavy atom. The number of esters is 1. The van der Waals surface area contributed by atoms with Gasteiger partial charge in [0.15, 0.2) is 0 Å². The molecule has 3 unspecified atom stereocenters. The van der Waals surface area contributed by atoms with Crippen molar-refractivity contribution < 1.29 is 19.4 Å². The van der Waals surface area contributed by atoms with Crippen LogP contribution >= 0.6 is 0 Å². The molecule has 1 aliphatic heterocycles. The molecule has 5 nitrogen and oxygen atoms in total. The standard InChI is InChI=1S/C15H27NO4/c1-6-20-14(19)12(15(3,4)5)13(18)16-8-7-11(17)10(2)9-16/h10-12,17H,6-9H2,1-5H3. The molecule has 5 heteroatoms. The van der Waals surface area contributed by atoms with Gasteiger partial charge in [-0.15, -0.1) is 0 Å². The summed E-state index contributed by atoms with van der Waals surface area (Å²) in [7, 11) is 0. The minimum atomic E-state index is -0.787. The summed E-state index contributed by atoms with van der Waals surface area (Å²) in [6, 6.07) is 0. The van der Waals surface area contributed by atoms with Gasteiger partial charge in [-0.3, -0.25) is 9.59 Å². The third-order valence-corrected chi connectivity index (χ3v) is 3.81. The molecule has 0 radical (unpaired) electrons. The number of amides is 1. The van der Waals surface area contributed by atoms with E-state index in [1.807, 2.05) is 27.7 Å². The number of carbonyl (C=O) groups excluding carboxylic acids is 2. The van der Waals surface area contributed by atoms with Crippen LogP contribution in [0.25, 0.3) is 0 Å². The molecule has 0 aromatic heterocycles. The van der Waals surface area contributed by atoms with E-state index in [4.69, 9.17) is 4.74 Å². The summed E-state index contributed by atoms with van der Waals surface area (Å²) in [5.74, 6) is -1.39. The minimum Gasteiger partial charge on any atom is -0.465 e. The van der Waals surface area contributed by atoms with Crippen LogP contribution in [0.15, 0.2) is 0 Å². The fraction of sp³-hybridized carbons (Fsp3) is 0.867. The fourth-order valence-corrected chi connectivity index (χ4v) is 2.57. The summed E-state index contributed by atoms with van der Waals surface area (Å²) in [4.78, 5) is 26.4. The molecule has 0 aliphatic carbocycles. The zero-order valence-corrected chi connectivity index (χ0v) is 13.2. The molecule has 0 saturated carbocycles. The number of aliphatic hydroxyl groups excluding tert-OH is 1. The number of nitrogens with zero attached hydrogens (tertiary/aromatic N) is 1. The molecule has 0 aromatic carbocycles. The SMILES string of the molecule is CCOC(=O)C(C(=O)N1CCC(O)C(C)C1)C(C)(C)C. The first-order valence-corrected chi connectivity index (χ1v) is 7.32. The Hall–Kier alpha value is -1.10. The van der Waals surface area contributed by atoms with Crippen molar-refractivity contribution in [1.29, 1.82) is 0 Å². The Bertz CT molecular complexity index is 361. The number of rotatable bonds is 3. The van der Waals surface area contributed by atoms with Crippen LogP contribution in [0.4, 0.5) is 0 Å². The molecule has 1 N–H and O–H groups in total. The van der Waals surface area contributed by atoms with E-state index in [0.717, 1.165) is 0 Å². The van der Waals surface area contributed by atoms with Crippen LogP contribution in [0.1, 0.15) is 41.0 Å². The van der Waals surface area contributed by atoms with Crippen LogP contribution in [-0.4, -0.2) is 47.7 Å². The number of likely N-dealkylation sites (tertiary alicyclic amines) is 1. The number of aliphatic hydroxyl groups is 1. The largest absolute Gasteiger partial charge is 0.465 e. The third-order valence-electron chi connectivity index (χ3n) is 3.81. The van der Waals surface area contributed by atoms with Gasteiger partial charge >= 0.3 is 5.97 Å². The second-order valence-electron chi connectivity index (χ2n) is 6.67. The highest BCUT2D eigenvalue weighted by atomic mass is 16.5. The predicted octanol–water partition coefficient (Wildman–Crippen LogP) is 1.44. The van der Waals surface area contributed by atoms with E-state index < -0.39 is 17.3 Å². The zero-order valence-electron chi connectivity index (χ0n) is 13.2. The van der Waals surface area contributed by atoms with Crippen molar-refractivity contribution >= 4 is 11.9 Å². The first-order valence-electron chi connectivity index (χ1n) is 7.32. The molecule has 1 amide bonds. The highest BCUT2D eigenvalue weighted by Gasteiger charge is 2.42. The second kappa shape index (κ2) is 6.57.